The predicted octanol–water partition coefficient (Wildman–Crippen LogP) is -0.0782. The first-order chi connectivity index (χ1) is 2.41. The van der Waals surface area contributed by atoms with Crippen LogP contribution in [0.4, 0.5) is 0 Å². The van der Waals surface area contributed by atoms with Gasteiger partial charge in [-0.2, -0.15) is 0 Å². The van der Waals surface area contributed by atoms with Gasteiger partial charge in [-0.15, -0.1) is 0 Å². The van der Waals surface area contributed by atoms with E-state index in [9.17, 15) is 0 Å². The molecule has 0 fully saturated rings. The van der Waals surface area contributed by atoms with Gasteiger partial charge in [0, 0.05) is 0 Å². The topological polar surface area (TPSA) is 24.7 Å². The molecular formula is C2H4GeN2. The van der Waals surface area contributed by atoms with Crippen molar-refractivity contribution < 1.29 is 0 Å². The fraction of sp³-hybridized carbons (Fsp3) is 0. The molecule has 0 rings (SSSR count). The zero-order chi connectivity index (χ0) is 4.12. The van der Waals surface area contributed by atoms with E-state index in [2.05, 4.69) is 21.3 Å². The first-order valence-electron chi connectivity index (χ1n) is 1.08. The van der Waals surface area contributed by atoms with Crippen molar-refractivity contribution in [1.29, 1.82) is 0 Å². The minimum atomic E-state index is -0.444. The second-order valence-corrected chi connectivity index (χ2v) is 2.16. The average molecular weight is 129 g/mol. The van der Waals surface area contributed by atoms with E-state index in [0.29, 0.717) is 0 Å². The van der Waals surface area contributed by atoms with Gasteiger partial charge in [-0.25, -0.2) is 0 Å². The summed E-state index contributed by atoms with van der Waals surface area (Å²) in [5, 5.41) is 0. The summed E-state index contributed by atoms with van der Waals surface area (Å²) in [7, 11) is 0. The van der Waals surface area contributed by atoms with Crippen LogP contribution in [0.15, 0.2) is 7.90 Å². The molecule has 2 nitrogen and oxygen atoms in total. The van der Waals surface area contributed by atoms with Gasteiger partial charge in [0.05, 0.1) is 0 Å². The van der Waals surface area contributed by atoms with Crippen molar-refractivity contribution in [3.63, 3.8) is 0 Å². The summed E-state index contributed by atoms with van der Waals surface area (Å²) in [5.41, 5.74) is 0. The maximum absolute atomic E-state index is 3.50. The van der Waals surface area contributed by atoms with Gasteiger partial charge in [0.2, 0.25) is 0 Å². The molecule has 0 aliphatic rings. The molecule has 26 valence electrons. The van der Waals surface area contributed by atoms with E-state index in [1.165, 1.54) is 0 Å². The van der Waals surface area contributed by atoms with Crippen LogP contribution in [0.3, 0.4) is 0 Å². The zero-order valence-electron chi connectivity index (χ0n) is 2.81. The summed E-state index contributed by atoms with van der Waals surface area (Å²) in [6.45, 7) is 6.44. The van der Waals surface area contributed by atoms with Crippen molar-refractivity contribution in [2.45, 2.75) is 0 Å². The molecule has 3 heteroatoms. The van der Waals surface area contributed by atoms with Gasteiger partial charge in [0.1, 0.15) is 0 Å². The standard InChI is InChI=1S/C2H4GeN2/c1-4-3-5-2/h1-2H2. The molecule has 0 saturated heterocycles. The summed E-state index contributed by atoms with van der Waals surface area (Å²) < 4.78 is 7.00. The Bertz CT molecular complexity index is 36.9. The molecule has 0 amide bonds. The van der Waals surface area contributed by atoms with E-state index in [0.717, 1.165) is 0 Å². The summed E-state index contributed by atoms with van der Waals surface area (Å²) in [6, 6.07) is 0. The predicted molar refractivity (Wildman–Crippen MR) is 24.9 cm³/mol. The molecule has 0 N–H and O–H groups in total. The molecule has 0 heterocycles. The molecule has 0 unspecified atom stereocenters. The van der Waals surface area contributed by atoms with Gasteiger partial charge < -0.3 is 0 Å². The van der Waals surface area contributed by atoms with Crippen molar-refractivity contribution in [2.24, 2.45) is 7.90 Å². The summed E-state index contributed by atoms with van der Waals surface area (Å²) >= 11 is -0.444. The number of hydrogen-bond acceptors (Lipinski definition) is 2. The Morgan fingerprint density at radius 3 is 1.60 bits per heavy atom. The Morgan fingerprint density at radius 1 is 1.20 bits per heavy atom. The molecule has 0 spiro atoms. The second kappa shape index (κ2) is 3.88. The van der Waals surface area contributed by atoms with Crippen LogP contribution >= 0.6 is 0 Å². The molecule has 0 atom stereocenters. The molecule has 5 heavy (non-hydrogen) atoms. The van der Waals surface area contributed by atoms with Crippen molar-refractivity contribution in [3.8, 4) is 0 Å². The molecule has 0 aromatic heterocycles. The zero-order valence-corrected chi connectivity index (χ0v) is 4.91. The Kier molecular flexibility index (Phi) is 3.79. The maximum atomic E-state index is 3.50. The molecule has 0 aliphatic carbocycles. The van der Waals surface area contributed by atoms with E-state index >= 15 is 0 Å². The van der Waals surface area contributed by atoms with Crippen molar-refractivity contribution in [3.05, 3.63) is 0 Å². The van der Waals surface area contributed by atoms with Crippen LogP contribution < -0.4 is 0 Å². The summed E-state index contributed by atoms with van der Waals surface area (Å²) in [6.07, 6.45) is 0. The molecular weight excluding hydrogens is 125 g/mol. The van der Waals surface area contributed by atoms with Crippen molar-refractivity contribution in [2.75, 3.05) is 0 Å². The fourth-order valence-corrected chi connectivity index (χ4v) is 0.260. The third-order valence-corrected chi connectivity index (χ3v) is 0.735. The molecule has 0 aromatic carbocycles. The van der Waals surface area contributed by atoms with Crippen molar-refractivity contribution >= 4 is 29.3 Å². The number of rotatable bonds is 2. The SMILES string of the molecule is C=[N][Ge][N]=C. The van der Waals surface area contributed by atoms with E-state index in [1.807, 2.05) is 0 Å². The summed E-state index contributed by atoms with van der Waals surface area (Å²) in [5.74, 6) is 0. The normalized spacial score (nSPS) is 6.40. The average Bonchev–Trinajstić information content (AvgIpc) is 1.41. The first kappa shape index (κ1) is 4.88. The molecule has 0 bridgehead atoms. The van der Waals surface area contributed by atoms with Gasteiger partial charge in [0.25, 0.3) is 0 Å². The van der Waals surface area contributed by atoms with E-state index in [4.69, 9.17) is 0 Å². The molecule has 0 saturated carbocycles. The van der Waals surface area contributed by atoms with Gasteiger partial charge >= 0.3 is 37.2 Å². The van der Waals surface area contributed by atoms with E-state index in [1.54, 1.807) is 0 Å². The van der Waals surface area contributed by atoms with Crippen LogP contribution in [0.2, 0.25) is 0 Å². The van der Waals surface area contributed by atoms with Crippen LogP contribution in [0.5, 0.6) is 0 Å². The molecule has 2 radical (unpaired) electrons. The van der Waals surface area contributed by atoms with Gasteiger partial charge in [-0.1, -0.05) is 0 Å². The Hall–Kier alpha value is -0.117. The second-order valence-electron chi connectivity index (χ2n) is 0.416. The number of nitrogens with zero attached hydrogens (tertiary/aromatic N) is 2. The Balaban J connectivity index is 2.65. The van der Waals surface area contributed by atoms with Gasteiger partial charge in [-0.3, -0.25) is 0 Å². The van der Waals surface area contributed by atoms with E-state index < -0.39 is 15.9 Å². The van der Waals surface area contributed by atoms with E-state index in [-0.39, 0.29) is 0 Å². The quantitative estimate of drug-likeness (QED) is 0.367. The monoisotopic (exact) mass is 130 g/mol. The molecule has 0 aliphatic heterocycles. The minimum absolute atomic E-state index is 0.444. The third kappa shape index (κ3) is 3.88. The Labute approximate surface area is 37.9 Å². The Morgan fingerprint density at radius 2 is 1.60 bits per heavy atom. The fourth-order valence-electron chi connectivity index (χ4n) is 0.0500. The first-order valence-corrected chi connectivity index (χ1v) is 2.96. The van der Waals surface area contributed by atoms with Crippen LogP contribution in [0.25, 0.3) is 0 Å². The third-order valence-electron chi connectivity index (χ3n) is 0.141. The van der Waals surface area contributed by atoms with Crippen LogP contribution in [-0.2, 0) is 0 Å². The van der Waals surface area contributed by atoms with Crippen LogP contribution in [0.1, 0.15) is 0 Å². The van der Waals surface area contributed by atoms with Crippen molar-refractivity contribution in [1.82, 2.24) is 0 Å². The van der Waals surface area contributed by atoms with Crippen LogP contribution in [-0.4, -0.2) is 29.3 Å². The summed E-state index contributed by atoms with van der Waals surface area (Å²) in [4.78, 5) is 0. The van der Waals surface area contributed by atoms with Crippen LogP contribution in [0, 0.1) is 0 Å². The van der Waals surface area contributed by atoms with Gasteiger partial charge in [0.15, 0.2) is 0 Å². The molecule has 0 aromatic rings. The van der Waals surface area contributed by atoms with Gasteiger partial charge in [-0.05, 0) is 0 Å². The number of hydrogen-bond donors (Lipinski definition) is 0.